The molecule has 52 heteroatoms. The van der Waals surface area contributed by atoms with Crippen molar-refractivity contribution in [1.82, 2.24) is 0 Å². The summed E-state index contributed by atoms with van der Waals surface area (Å²) in [6, 6.07) is -1.72. The van der Waals surface area contributed by atoms with E-state index in [0.29, 0.717) is 0 Å². The Hall–Kier alpha value is -1.46. The van der Waals surface area contributed by atoms with E-state index in [-0.39, 0.29) is 13.1 Å². The van der Waals surface area contributed by atoms with Crippen LogP contribution in [0.15, 0.2) is 0 Å². The van der Waals surface area contributed by atoms with E-state index in [1.807, 2.05) is 0 Å². The fourth-order valence-corrected chi connectivity index (χ4v) is 14.3. The van der Waals surface area contributed by atoms with E-state index in [1.54, 1.807) is 0 Å². The summed E-state index contributed by atoms with van der Waals surface area (Å²) in [5.74, 6) is 0. The fraction of sp³-hybridized carbons (Fsp3) is 1.00. The van der Waals surface area contributed by atoms with Crippen LogP contribution in [0, 0.1) is 0 Å². The van der Waals surface area contributed by atoms with Crippen molar-refractivity contribution in [2.24, 2.45) is 17.2 Å². The largest absolute Gasteiger partial charge is 0.472 e. The highest BCUT2D eigenvalue weighted by atomic mass is 31.2. The molecule has 0 aromatic carbocycles. The lowest BCUT2D eigenvalue weighted by atomic mass is 9.95. The summed E-state index contributed by atoms with van der Waals surface area (Å²) in [6.45, 7) is -8.16. The van der Waals surface area contributed by atoms with Crippen LogP contribution in [0.4, 0.5) is 0 Å². The Bertz CT molecular complexity index is 2800. The molecule has 0 radical (unpaired) electrons. The fourth-order valence-electron chi connectivity index (χ4n) is 12.8. The Labute approximate surface area is 605 Å². The molecule has 9 aliphatic heterocycles. The number of hydrogen-bond acceptors (Lipinski definition) is 48. The Morgan fingerprint density at radius 2 is 0.748 bits per heavy atom. The highest BCUT2D eigenvalue weighted by molar-refractivity contribution is 7.47. The highest BCUT2D eigenvalue weighted by Gasteiger charge is 2.60. The smallest absolute Gasteiger partial charge is 0.394 e. The van der Waals surface area contributed by atoms with Crippen molar-refractivity contribution in [3.63, 3.8) is 0 Å². The molecule has 0 aromatic rings. The molecule has 0 aliphatic carbocycles. The van der Waals surface area contributed by atoms with E-state index in [1.165, 1.54) is 6.92 Å². The molecule has 0 bridgehead atoms. The summed E-state index contributed by atoms with van der Waals surface area (Å²) >= 11 is 0. The Kier molecular flexibility index (Phi) is 32.6. The van der Waals surface area contributed by atoms with Gasteiger partial charge in [0.1, 0.15) is 189 Å². The van der Waals surface area contributed by atoms with Crippen LogP contribution in [-0.2, 0) is 108 Å². The predicted octanol–water partition coefficient (Wildman–Crippen LogP) is -17.5. The SMILES string of the molecule is C[C@@H]1O[C@@H](O[C@@H]2[C@H](O)[C@@H](O[C@@H]3[C@@H](O[C@@H]4[C@H](O)[C@@H](O[C@@H]5[C@H](O)[C@@H](O[C@H]6[C@H](O)[C@@H](N)[C@@H](O)O[C@@H]6COP(=O)(O)OCCN)O[C@H](CO)[C@H]5O)O[C@H](COP(=O)(O)OCCN)[C@H]4O)O[C@H](CO)[C@@H](O)[C@@H]3O)O[C@H](CO)[C@H]2O[C@@H]2OC[C@@H](O[C@@H]3OC[C@@H](O)[C@H](O[C@@H]4OC[C@@H](O)[C@H](O)[C@H]4O)[C@H]3O)[C@H](O)[C@H]2O)[C@H](O)[C@H](O)[C@H]1O. The van der Waals surface area contributed by atoms with Gasteiger partial charge in [0.2, 0.25) is 0 Å². The van der Waals surface area contributed by atoms with Gasteiger partial charge >= 0.3 is 15.6 Å². The summed E-state index contributed by atoms with van der Waals surface area (Å²) in [4.78, 5) is 20.7. The van der Waals surface area contributed by atoms with Crippen molar-refractivity contribution < 1.29 is 230 Å². The van der Waals surface area contributed by atoms with Crippen LogP contribution in [0.1, 0.15) is 6.92 Å². The Morgan fingerprint density at radius 3 is 1.33 bits per heavy atom. The molecular formula is C55H99N3O47P2. The second-order valence-electron chi connectivity index (χ2n) is 26.3. The van der Waals surface area contributed by atoms with Crippen molar-refractivity contribution >= 4 is 15.6 Å². The normalized spacial score (nSPS) is 50.1. The molecule has 30 N–H and O–H groups in total. The number of aliphatic hydroxyl groups is 22. The number of ether oxygens (including phenoxy) is 17. The predicted molar refractivity (Wildman–Crippen MR) is 327 cm³/mol. The lowest BCUT2D eigenvalue weighted by Crippen LogP contribution is -2.69. The lowest BCUT2D eigenvalue weighted by Gasteiger charge is -2.51. The number of rotatable bonds is 31. The molecule has 2 unspecified atom stereocenters. The van der Waals surface area contributed by atoms with Gasteiger partial charge in [0, 0.05) is 13.1 Å². The summed E-state index contributed by atoms with van der Waals surface area (Å²) in [5.41, 5.74) is 16.7. The number of phosphoric acid groups is 2. The molecule has 44 atom stereocenters. The monoisotopic (exact) mass is 1620 g/mol. The molecule has 9 heterocycles. The van der Waals surface area contributed by atoms with Gasteiger partial charge in [-0.25, -0.2) is 9.13 Å². The van der Waals surface area contributed by atoms with Gasteiger partial charge in [0.15, 0.2) is 56.6 Å². The van der Waals surface area contributed by atoms with Gasteiger partial charge in [0.25, 0.3) is 0 Å². The van der Waals surface area contributed by atoms with Crippen LogP contribution in [0.5, 0.6) is 0 Å². The lowest BCUT2D eigenvalue weighted by molar-refractivity contribution is -0.410. The summed E-state index contributed by atoms with van der Waals surface area (Å²) in [6.07, 6.45) is -84.7. The quantitative estimate of drug-likeness (QED) is 0.0287. The minimum Gasteiger partial charge on any atom is -0.394 e. The molecule has 50 nitrogen and oxygen atoms in total. The van der Waals surface area contributed by atoms with Crippen LogP contribution in [-0.4, -0.2) is 459 Å². The van der Waals surface area contributed by atoms with Crippen LogP contribution < -0.4 is 17.2 Å². The summed E-state index contributed by atoms with van der Waals surface area (Å²) in [5, 5.41) is 245. The first-order valence-electron chi connectivity index (χ1n) is 33.7. The summed E-state index contributed by atoms with van der Waals surface area (Å²) < 4.78 is 143. The molecule has 9 saturated heterocycles. The third-order valence-corrected chi connectivity index (χ3v) is 20.8. The minimum atomic E-state index is -5.16. The van der Waals surface area contributed by atoms with Gasteiger partial charge in [-0.1, -0.05) is 0 Å². The Morgan fingerprint density at radius 1 is 0.336 bits per heavy atom. The molecular weight excluding hydrogens is 1520 g/mol. The zero-order valence-corrected chi connectivity index (χ0v) is 58.3. The molecule has 0 saturated carbocycles. The van der Waals surface area contributed by atoms with Crippen LogP contribution >= 0.6 is 15.6 Å². The average molecular weight is 1620 g/mol. The van der Waals surface area contributed by atoms with Crippen molar-refractivity contribution in [3.05, 3.63) is 0 Å². The topological polar surface area (TPSA) is 792 Å². The standard InChI is InChI=1S/C55H99N3O47P2/c1-14-24(64)31(71)35(75)51(92-14)104-45-39(79)54(96-19(8-61)42(45)101-49-34(74)27(67)20(11-87-49)97-50-36(76)40(16(63)10-86-50)99-48-33(73)25(65)15(62)9-85-48)105-46-32(72)26(66)17(6-59)95-55(46)103-44-29(69)21(12-90-106(81,82)88-4-2-56)98-53(38(44)78)102-43-28(68)18(7-60)94-52(37(43)77)100-41-22(93-47(80)23(58)30(41)70)13-91-107(83,84)89-5-3-57/h14-55,59-80H,2-13,56-58H2,1H3,(H,81,82)(H,83,84)/t14-,15+,16+,17+,18+,19+,20+,21+,22+,23+,24-,25-,26+,27-,28+,29+,30+,31+,32-,33+,34+,35+,36+,37-,38-,39-,40-,41+,42+,43-,44-,45+,46-,47-,48-,49-,50-,51-,52+,53+,54+,55+/m0/s1. The van der Waals surface area contributed by atoms with Crippen molar-refractivity contribution in [1.29, 1.82) is 0 Å². The molecule has 626 valence electrons. The third kappa shape index (κ3) is 20.9. The van der Waals surface area contributed by atoms with E-state index in [0.717, 1.165) is 0 Å². The first kappa shape index (κ1) is 89.5. The van der Waals surface area contributed by atoms with Crippen LogP contribution in [0.2, 0.25) is 0 Å². The highest BCUT2D eigenvalue weighted by Crippen LogP contribution is 2.46. The second-order valence-corrected chi connectivity index (χ2v) is 29.2. The first-order valence-corrected chi connectivity index (χ1v) is 36.7. The molecule has 0 aromatic heterocycles. The summed E-state index contributed by atoms with van der Waals surface area (Å²) in [7, 11) is -10.1. The molecule has 9 fully saturated rings. The molecule has 9 aliphatic rings. The van der Waals surface area contributed by atoms with Crippen molar-refractivity contribution in [2.75, 3.05) is 79.2 Å². The molecule has 0 spiro atoms. The first-order chi connectivity index (χ1) is 50.5. The van der Waals surface area contributed by atoms with E-state index in [2.05, 4.69) is 0 Å². The zero-order chi connectivity index (χ0) is 78.6. The number of hydrogen-bond donors (Lipinski definition) is 27. The van der Waals surface area contributed by atoms with Gasteiger partial charge in [0.05, 0.1) is 78.2 Å². The molecule has 0 amide bonds. The van der Waals surface area contributed by atoms with Gasteiger partial charge in [-0.3, -0.25) is 18.1 Å². The van der Waals surface area contributed by atoms with E-state index >= 15 is 0 Å². The maximum Gasteiger partial charge on any atom is 0.472 e. The van der Waals surface area contributed by atoms with E-state index in [9.17, 15) is 131 Å². The number of nitrogens with two attached hydrogens (primary N) is 3. The average Bonchev–Trinajstić information content (AvgIpc) is 0.769. The van der Waals surface area contributed by atoms with E-state index < -0.39 is 340 Å². The minimum absolute atomic E-state index is 0.239. The maximum atomic E-state index is 13.0. The van der Waals surface area contributed by atoms with Gasteiger partial charge in [-0.15, -0.1) is 0 Å². The van der Waals surface area contributed by atoms with E-state index in [4.69, 9.17) is 116 Å². The van der Waals surface area contributed by atoms with Crippen molar-refractivity contribution in [3.8, 4) is 0 Å². The van der Waals surface area contributed by atoms with Gasteiger partial charge < -0.3 is 220 Å². The molecule has 9 rings (SSSR count). The zero-order valence-electron chi connectivity index (χ0n) is 56.5. The van der Waals surface area contributed by atoms with Crippen LogP contribution in [0.3, 0.4) is 0 Å². The van der Waals surface area contributed by atoms with Gasteiger partial charge in [-0.05, 0) is 6.92 Å². The number of aliphatic hydroxyl groups excluding tert-OH is 22. The second kappa shape index (κ2) is 39.0. The Balaban J connectivity index is 0.963. The van der Waals surface area contributed by atoms with Gasteiger partial charge in [-0.2, -0.15) is 0 Å². The number of phosphoric ester groups is 2. The maximum absolute atomic E-state index is 13.0. The van der Waals surface area contributed by atoms with Crippen LogP contribution in [0.25, 0.3) is 0 Å². The van der Waals surface area contributed by atoms with Crippen molar-refractivity contribution in [2.45, 2.75) is 265 Å². The molecule has 107 heavy (non-hydrogen) atoms. The third-order valence-electron chi connectivity index (χ3n) is 18.8.